The molecule has 0 aromatic carbocycles. The summed E-state index contributed by atoms with van der Waals surface area (Å²) in [6.07, 6.45) is 0. The molecule has 6 nitrogen and oxygen atoms in total. The van der Waals surface area contributed by atoms with E-state index in [-0.39, 0.29) is 9.56 Å². The lowest BCUT2D eigenvalue weighted by Crippen LogP contribution is -2.30. The second kappa shape index (κ2) is 7.39. The molecule has 0 saturated carbocycles. The zero-order valence-corrected chi connectivity index (χ0v) is 13.7. The molecule has 0 unspecified atom stereocenters. The van der Waals surface area contributed by atoms with Crippen molar-refractivity contribution in [2.24, 2.45) is 0 Å². The van der Waals surface area contributed by atoms with E-state index in [0.717, 1.165) is 6.54 Å². The van der Waals surface area contributed by atoms with Gasteiger partial charge in [0.25, 0.3) is 0 Å². The lowest BCUT2D eigenvalue weighted by molar-refractivity contribution is 0.185. The van der Waals surface area contributed by atoms with Crippen molar-refractivity contribution in [1.29, 1.82) is 0 Å². The average Bonchev–Trinajstić information content (AvgIpc) is 2.75. The monoisotopic (exact) mass is 354 g/mol. The summed E-state index contributed by atoms with van der Waals surface area (Å²) in [5, 5.41) is 3.08. The van der Waals surface area contributed by atoms with Crippen molar-refractivity contribution < 1.29 is 17.6 Å². The van der Waals surface area contributed by atoms with E-state index in [4.69, 9.17) is 9.15 Å². The van der Waals surface area contributed by atoms with Crippen molar-refractivity contribution in [1.82, 2.24) is 9.62 Å². The highest BCUT2D eigenvalue weighted by atomic mass is 79.9. The molecule has 8 heteroatoms. The maximum Gasteiger partial charge on any atom is 0.247 e. The van der Waals surface area contributed by atoms with E-state index < -0.39 is 10.0 Å². The van der Waals surface area contributed by atoms with Crippen molar-refractivity contribution in [2.75, 3.05) is 33.9 Å². The van der Waals surface area contributed by atoms with Crippen LogP contribution in [0.4, 0.5) is 0 Å². The van der Waals surface area contributed by atoms with Gasteiger partial charge in [0, 0.05) is 26.8 Å². The van der Waals surface area contributed by atoms with Gasteiger partial charge in [-0.3, -0.25) is 0 Å². The summed E-state index contributed by atoms with van der Waals surface area (Å²) in [6.45, 7) is 3.88. The highest BCUT2D eigenvalue weighted by molar-refractivity contribution is 9.10. The summed E-state index contributed by atoms with van der Waals surface area (Å²) < 4.78 is 36.3. The second-order valence-corrected chi connectivity index (χ2v) is 6.68. The molecular formula is C11H19BrN2O4S. The van der Waals surface area contributed by atoms with Gasteiger partial charge in [-0.05, 0) is 22.5 Å². The largest absolute Gasteiger partial charge is 0.452 e. The zero-order valence-electron chi connectivity index (χ0n) is 11.3. The summed E-state index contributed by atoms with van der Waals surface area (Å²) in [5.74, 6) is 0.576. The number of ether oxygens (including phenoxy) is 1. The minimum Gasteiger partial charge on any atom is -0.452 e. The lowest BCUT2D eigenvalue weighted by atomic mass is 10.4. The third kappa shape index (κ3) is 4.28. The number of halogens is 1. The van der Waals surface area contributed by atoms with Gasteiger partial charge in [-0.15, -0.1) is 0 Å². The predicted molar refractivity (Wildman–Crippen MR) is 75.5 cm³/mol. The second-order valence-electron chi connectivity index (χ2n) is 3.95. The molecule has 19 heavy (non-hydrogen) atoms. The molecule has 1 N–H and O–H groups in total. The van der Waals surface area contributed by atoms with Gasteiger partial charge in [0.2, 0.25) is 10.0 Å². The molecular weight excluding hydrogens is 336 g/mol. The number of nitrogens with zero attached hydrogens (tertiary/aromatic N) is 1. The summed E-state index contributed by atoms with van der Waals surface area (Å²) in [7, 11) is -0.519. The molecule has 0 bridgehead atoms. The van der Waals surface area contributed by atoms with Gasteiger partial charge in [-0.2, -0.15) is 4.31 Å². The molecule has 0 fully saturated rings. The summed E-state index contributed by atoms with van der Waals surface area (Å²) >= 11 is 3.15. The maximum absolute atomic E-state index is 12.3. The molecule has 0 atom stereocenters. The number of likely N-dealkylation sites (N-methyl/N-ethyl adjacent to an activating group) is 1. The van der Waals surface area contributed by atoms with Gasteiger partial charge in [0.05, 0.1) is 13.2 Å². The SMILES string of the molecule is CCNCc1cc(S(=O)(=O)N(C)CCOC)c(Br)o1. The van der Waals surface area contributed by atoms with Crippen molar-refractivity contribution in [2.45, 2.75) is 18.4 Å². The third-order valence-corrected chi connectivity index (χ3v) is 5.27. The fraction of sp³-hybridized carbons (Fsp3) is 0.636. The Morgan fingerprint density at radius 3 is 2.79 bits per heavy atom. The van der Waals surface area contributed by atoms with Crippen LogP contribution >= 0.6 is 15.9 Å². The van der Waals surface area contributed by atoms with E-state index in [9.17, 15) is 8.42 Å². The minimum absolute atomic E-state index is 0.138. The first-order valence-electron chi connectivity index (χ1n) is 5.87. The van der Waals surface area contributed by atoms with E-state index in [1.807, 2.05) is 6.92 Å². The molecule has 0 radical (unpaired) electrons. The quantitative estimate of drug-likeness (QED) is 0.764. The van der Waals surface area contributed by atoms with Crippen LogP contribution in [0.1, 0.15) is 12.7 Å². The van der Waals surface area contributed by atoms with Crippen LogP contribution in [0, 0.1) is 0 Å². The van der Waals surface area contributed by atoms with Crippen LogP contribution < -0.4 is 5.32 Å². The van der Waals surface area contributed by atoms with Crippen molar-refractivity contribution in [3.63, 3.8) is 0 Å². The molecule has 0 amide bonds. The first-order valence-corrected chi connectivity index (χ1v) is 8.11. The Hall–Kier alpha value is -0.410. The molecule has 0 aliphatic rings. The summed E-state index contributed by atoms with van der Waals surface area (Å²) in [5.41, 5.74) is 0. The molecule has 0 aliphatic carbocycles. The standard InChI is InChI=1S/C11H19BrN2O4S/c1-4-13-8-9-7-10(11(12)18-9)19(15,16)14(2)5-6-17-3/h7,13H,4-6,8H2,1-3H3. The van der Waals surface area contributed by atoms with Crippen LogP contribution in [0.5, 0.6) is 0 Å². The first kappa shape index (κ1) is 16.6. The number of hydrogen-bond donors (Lipinski definition) is 1. The molecule has 1 aromatic heterocycles. The van der Waals surface area contributed by atoms with Gasteiger partial charge in [0.1, 0.15) is 10.7 Å². The van der Waals surface area contributed by atoms with Crippen molar-refractivity contribution in [3.05, 3.63) is 16.5 Å². The maximum atomic E-state index is 12.3. The van der Waals surface area contributed by atoms with Gasteiger partial charge in [-0.1, -0.05) is 6.92 Å². The number of rotatable bonds is 8. The average molecular weight is 355 g/mol. The van der Waals surface area contributed by atoms with E-state index in [2.05, 4.69) is 21.2 Å². The first-order chi connectivity index (χ1) is 8.93. The number of furan rings is 1. The van der Waals surface area contributed by atoms with Crippen LogP contribution in [0.15, 0.2) is 20.0 Å². The lowest BCUT2D eigenvalue weighted by Gasteiger charge is -2.15. The fourth-order valence-corrected chi connectivity index (χ4v) is 3.53. The molecule has 1 heterocycles. The Morgan fingerprint density at radius 2 is 2.21 bits per heavy atom. The van der Waals surface area contributed by atoms with E-state index in [0.29, 0.717) is 25.5 Å². The van der Waals surface area contributed by atoms with Gasteiger partial charge in [-0.25, -0.2) is 8.42 Å². The molecule has 0 aliphatic heterocycles. The molecule has 0 saturated heterocycles. The summed E-state index contributed by atoms with van der Waals surface area (Å²) in [4.78, 5) is 0.138. The third-order valence-electron chi connectivity index (χ3n) is 2.55. The van der Waals surface area contributed by atoms with E-state index >= 15 is 0 Å². The Kier molecular flexibility index (Phi) is 6.48. The number of hydrogen-bond acceptors (Lipinski definition) is 5. The Bertz CT molecular complexity index is 501. The van der Waals surface area contributed by atoms with Gasteiger partial charge < -0.3 is 14.5 Å². The highest BCUT2D eigenvalue weighted by Gasteiger charge is 2.26. The van der Waals surface area contributed by atoms with Crippen molar-refractivity contribution in [3.8, 4) is 0 Å². The Balaban J connectivity index is 2.91. The highest BCUT2D eigenvalue weighted by Crippen LogP contribution is 2.28. The zero-order chi connectivity index (χ0) is 14.5. The van der Waals surface area contributed by atoms with Gasteiger partial charge in [0.15, 0.2) is 4.67 Å². The van der Waals surface area contributed by atoms with Crippen LogP contribution in [0.2, 0.25) is 0 Å². The number of methoxy groups -OCH3 is 1. The molecule has 1 rings (SSSR count). The van der Waals surface area contributed by atoms with Crippen LogP contribution in [0.3, 0.4) is 0 Å². The predicted octanol–water partition coefficient (Wildman–Crippen LogP) is 1.42. The minimum atomic E-state index is -3.56. The fourth-order valence-electron chi connectivity index (χ4n) is 1.42. The Labute approximate surface area is 122 Å². The van der Waals surface area contributed by atoms with E-state index in [1.54, 1.807) is 0 Å². The molecule has 1 aromatic rings. The van der Waals surface area contributed by atoms with Gasteiger partial charge >= 0.3 is 0 Å². The normalized spacial score (nSPS) is 12.3. The molecule has 0 spiro atoms. The van der Waals surface area contributed by atoms with Crippen LogP contribution in [-0.2, 0) is 21.3 Å². The van der Waals surface area contributed by atoms with E-state index in [1.165, 1.54) is 24.5 Å². The number of nitrogens with one attached hydrogen (secondary N) is 1. The Morgan fingerprint density at radius 1 is 1.53 bits per heavy atom. The number of sulfonamides is 1. The smallest absolute Gasteiger partial charge is 0.247 e. The topological polar surface area (TPSA) is 71.8 Å². The van der Waals surface area contributed by atoms with Crippen LogP contribution in [0.25, 0.3) is 0 Å². The van der Waals surface area contributed by atoms with Crippen LogP contribution in [-0.4, -0.2) is 46.6 Å². The summed E-state index contributed by atoms with van der Waals surface area (Å²) in [6, 6.07) is 1.53. The molecule has 110 valence electrons. The van der Waals surface area contributed by atoms with Crippen molar-refractivity contribution >= 4 is 26.0 Å².